The number of fused-ring (bicyclic) bond motifs is 1. The Morgan fingerprint density at radius 1 is 1.25 bits per heavy atom. The Labute approximate surface area is 131 Å². The van der Waals surface area contributed by atoms with E-state index < -0.39 is 10.0 Å². The molecule has 0 spiro atoms. The molecule has 0 fully saturated rings. The zero-order valence-corrected chi connectivity index (χ0v) is 14.4. The molecule has 0 saturated carbocycles. The van der Waals surface area contributed by atoms with E-state index in [1.807, 2.05) is 19.1 Å². The third kappa shape index (κ3) is 2.16. The lowest BCUT2D eigenvalue weighted by molar-refractivity contribution is 0.281. The van der Waals surface area contributed by atoms with E-state index in [1.54, 1.807) is 16.4 Å². The van der Waals surface area contributed by atoms with Gasteiger partial charge in [0.2, 0.25) is 0 Å². The van der Waals surface area contributed by atoms with Crippen molar-refractivity contribution in [3.63, 3.8) is 0 Å². The second kappa shape index (κ2) is 4.98. The first kappa shape index (κ1) is 14.3. The number of hydrogen-bond acceptors (Lipinski definition) is 3. The molecule has 0 bridgehead atoms. The molecule has 20 heavy (non-hydrogen) atoms. The average molecular weight is 375 g/mol. The van der Waals surface area contributed by atoms with Crippen LogP contribution in [-0.4, -0.2) is 23.8 Å². The molecule has 0 aliphatic carbocycles. The van der Waals surface area contributed by atoms with Crippen molar-refractivity contribution in [3.05, 3.63) is 39.4 Å². The zero-order chi connectivity index (χ0) is 14.5. The van der Waals surface area contributed by atoms with Crippen LogP contribution in [-0.2, 0) is 16.6 Å². The second-order valence-corrected chi connectivity index (χ2v) is 9.48. The van der Waals surface area contributed by atoms with Crippen molar-refractivity contribution in [2.45, 2.75) is 30.6 Å². The van der Waals surface area contributed by atoms with E-state index in [2.05, 4.69) is 27.4 Å². The van der Waals surface area contributed by atoms with Gasteiger partial charge in [-0.1, -0.05) is 0 Å². The molecular formula is C13H15BrN2O2S2. The maximum absolute atomic E-state index is 12.7. The van der Waals surface area contributed by atoms with Gasteiger partial charge in [0.25, 0.3) is 10.0 Å². The molecule has 0 N–H and O–H groups in total. The van der Waals surface area contributed by atoms with Gasteiger partial charge in [-0.3, -0.25) is 0 Å². The van der Waals surface area contributed by atoms with E-state index in [0.29, 0.717) is 17.3 Å². The van der Waals surface area contributed by atoms with Crippen molar-refractivity contribution in [1.82, 2.24) is 8.87 Å². The molecule has 7 heteroatoms. The summed E-state index contributed by atoms with van der Waals surface area (Å²) in [5, 5.41) is 0. The van der Waals surface area contributed by atoms with Gasteiger partial charge in [0, 0.05) is 24.5 Å². The Bertz CT molecular complexity index is 748. The van der Waals surface area contributed by atoms with Gasteiger partial charge in [0.1, 0.15) is 4.21 Å². The Morgan fingerprint density at radius 3 is 2.65 bits per heavy atom. The highest BCUT2D eigenvalue weighted by Crippen LogP contribution is 2.35. The summed E-state index contributed by atoms with van der Waals surface area (Å²) in [6.45, 7) is 5.23. The molecular weight excluding hydrogens is 360 g/mol. The summed E-state index contributed by atoms with van der Waals surface area (Å²) in [5.41, 5.74) is 2.25. The summed E-state index contributed by atoms with van der Waals surface area (Å²) in [6, 6.07) is 7.37. The number of sulfonamides is 1. The van der Waals surface area contributed by atoms with E-state index in [4.69, 9.17) is 0 Å². The van der Waals surface area contributed by atoms with Gasteiger partial charge in [-0.2, -0.15) is 4.31 Å². The van der Waals surface area contributed by atoms with Crippen LogP contribution in [0.2, 0.25) is 0 Å². The molecule has 1 aliphatic heterocycles. The molecule has 0 saturated heterocycles. The molecule has 0 amide bonds. The quantitative estimate of drug-likeness (QED) is 0.808. The Kier molecular flexibility index (Phi) is 3.56. The number of nitrogens with zero attached hydrogens (tertiary/aromatic N) is 2. The van der Waals surface area contributed by atoms with Crippen molar-refractivity contribution in [3.8, 4) is 0 Å². The van der Waals surface area contributed by atoms with Crippen LogP contribution in [0.25, 0.3) is 0 Å². The zero-order valence-electron chi connectivity index (χ0n) is 11.2. The highest BCUT2D eigenvalue weighted by Gasteiger charge is 2.35. The fraction of sp³-hybridized carbons (Fsp3) is 0.385. The van der Waals surface area contributed by atoms with E-state index in [1.165, 1.54) is 17.0 Å². The molecule has 2 aromatic heterocycles. The smallest absolute Gasteiger partial charge is 0.253 e. The molecule has 2 aromatic rings. The number of halogens is 1. The van der Waals surface area contributed by atoms with Gasteiger partial charge >= 0.3 is 0 Å². The molecule has 3 rings (SSSR count). The minimum atomic E-state index is -3.42. The topological polar surface area (TPSA) is 42.3 Å². The standard InChI is InChI=1S/C13H15BrN2O2S2/c1-9-3-4-11-10(2)16(8-7-15(9)11)20(17,18)13-6-5-12(14)19-13/h3-6,10H,7-8H2,1-2H3/t10-/m0/s1. The van der Waals surface area contributed by atoms with Crippen LogP contribution < -0.4 is 0 Å². The van der Waals surface area contributed by atoms with Crippen LogP contribution >= 0.6 is 27.3 Å². The fourth-order valence-electron chi connectivity index (χ4n) is 2.68. The van der Waals surface area contributed by atoms with Crippen LogP contribution in [0.3, 0.4) is 0 Å². The predicted octanol–water partition coefficient (Wildman–Crippen LogP) is 3.39. The van der Waals surface area contributed by atoms with Gasteiger partial charge in [-0.05, 0) is 54.0 Å². The lowest BCUT2D eigenvalue weighted by Crippen LogP contribution is -2.40. The molecule has 1 aliphatic rings. The molecule has 3 heterocycles. The molecule has 4 nitrogen and oxygen atoms in total. The number of thiophene rings is 1. The second-order valence-electron chi connectivity index (χ2n) is 4.90. The van der Waals surface area contributed by atoms with Crippen LogP contribution in [0.4, 0.5) is 0 Å². The average Bonchev–Trinajstić information content (AvgIpc) is 2.98. The first-order chi connectivity index (χ1) is 9.41. The monoisotopic (exact) mass is 374 g/mol. The normalized spacial score (nSPS) is 20.1. The maximum atomic E-state index is 12.7. The van der Waals surface area contributed by atoms with Gasteiger partial charge in [0.15, 0.2) is 0 Å². The minimum absolute atomic E-state index is 0.136. The minimum Gasteiger partial charge on any atom is -0.346 e. The van der Waals surface area contributed by atoms with E-state index in [9.17, 15) is 8.42 Å². The number of aromatic nitrogens is 1. The van der Waals surface area contributed by atoms with E-state index in [-0.39, 0.29) is 6.04 Å². The van der Waals surface area contributed by atoms with Crippen molar-refractivity contribution < 1.29 is 8.42 Å². The van der Waals surface area contributed by atoms with Crippen LogP contribution in [0.1, 0.15) is 24.4 Å². The molecule has 1 atom stereocenters. The third-order valence-corrected chi connectivity index (χ3v) is 7.81. The fourth-order valence-corrected chi connectivity index (χ4v) is 6.42. The first-order valence-corrected chi connectivity index (χ1v) is 9.39. The first-order valence-electron chi connectivity index (χ1n) is 6.34. The van der Waals surface area contributed by atoms with Gasteiger partial charge in [0.05, 0.1) is 9.83 Å². The SMILES string of the molecule is Cc1ccc2n1CCN(S(=O)(=O)c1ccc(Br)s1)[C@H]2C. The van der Waals surface area contributed by atoms with Crippen molar-refractivity contribution in [2.75, 3.05) is 6.54 Å². The summed E-state index contributed by atoms with van der Waals surface area (Å²) < 4.78 is 30.5. The predicted molar refractivity (Wildman–Crippen MR) is 83.5 cm³/mol. The number of aryl methyl sites for hydroxylation is 1. The lowest BCUT2D eigenvalue weighted by Gasteiger charge is -2.34. The number of hydrogen-bond donors (Lipinski definition) is 0. The lowest BCUT2D eigenvalue weighted by atomic mass is 10.2. The highest BCUT2D eigenvalue weighted by molar-refractivity contribution is 9.11. The van der Waals surface area contributed by atoms with Crippen LogP contribution in [0, 0.1) is 6.92 Å². The Hall–Kier alpha value is -0.630. The summed E-state index contributed by atoms with van der Waals surface area (Å²) in [6.07, 6.45) is 0. The van der Waals surface area contributed by atoms with Gasteiger partial charge in [-0.25, -0.2) is 8.42 Å². The van der Waals surface area contributed by atoms with Crippen molar-refractivity contribution in [2.24, 2.45) is 0 Å². The summed E-state index contributed by atoms with van der Waals surface area (Å²) in [7, 11) is -3.42. The maximum Gasteiger partial charge on any atom is 0.253 e. The van der Waals surface area contributed by atoms with Gasteiger partial charge in [-0.15, -0.1) is 11.3 Å². The Morgan fingerprint density at radius 2 is 2.00 bits per heavy atom. The van der Waals surface area contributed by atoms with Crippen molar-refractivity contribution >= 4 is 37.3 Å². The summed E-state index contributed by atoms with van der Waals surface area (Å²) >= 11 is 4.58. The molecule has 0 unspecified atom stereocenters. The van der Waals surface area contributed by atoms with Gasteiger partial charge < -0.3 is 4.57 Å². The van der Waals surface area contributed by atoms with Crippen molar-refractivity contribution in [1.29, 1.82) is 0 Å². The Balaban J connectivity index is 2.00. The number of rotatable bonds is 2. The largest absolute Gasteiger partial charge is 0.346 e. The molecule has 108 valence electrons. The van der Waals surface area contributed by atoms with E-state index in [0.717, 1.165) is 9.48 Å². The van der Waals surface area contributed by atoms with Crippen LogP contribution in [0.5, 0.6) is 0 Å². The van der Waals surface area contributed by atoms with E-state index >= 15 is 0 Å². The van der Waals surface area contributed by atoms with Crippen LogP contribution in [0.15, 0.2) is 32.3 Å². The third-order valence-electron chi connectivity index (χ3n) is 3.75. The summed E-state index contributed by atoms with van der Waals surface area (Å²) in [4.78, 5) is 0. The highest BCUT2D eigenvalue weighted by atomic mass is 79.9. The summed E-state index contributed by atoms with van der Waals surface area (Å²) in [5.74, 6) is 0. The molecule has 0 aromatic carbocycles. The molecule has 0 radical (unpaired) electrons.